The second-order valence-electron chi connectivity index (χ2n) is 6.86. The fourth-order valence-corrected chi connectivity index (χ4v) is 3.72. The summed E-state index contributed by atoms with van der Waals surface area (Å²) in [4.78, 5) is 40.4. The number of carbonyl (C=O) groups is 3. The molecule has 0 aromatic heterocycles. The number of rotatable bonds is 6. The van der Waals surface area contributed by atoms with Crippen LogP contribution in [0, 0.1) is 0 Å². The highest BCUT2D eigenvalue weighted by atomic mass is 35.5. The van der Waals surface area contributed by atoms with E-state index in [1.165, 1.54) is 16.7 Å². The molecule has 28 heavy (non-hydrogen) atoms. The van der Waals surface area contributed by atoms with Gasteiger partial charge in [-0.2, -0.15) is 0 Å². The summed E-state index contributed by atoms with van der Waals surface area (Å²) in [5.74, 6) is -0.881. The molecular weight excluding hydrogens is 376 g/mol. The zero-order valence-corrected chi connectivity index (χ0v) is 16.8. The van der Waals surface area contributed by atoms with Crippen molar-refractivity contribution in [1.29, 1.82) is 0 Å². The summed E-state index contributed by atoms with van der Waals surface area (Å²) in [6.45, 7) is 3.79. The first kappa shape index (κ1) is 20.1. The molecule has 0 N–H and O–H groups in total. The van der Waals surface area contributed by atoms with Crippen molar-refractivity contribution in [2.45, 2.75) is 39.2 Å². The van der Waals surface area contributed by atoms with E-state index in [0.717, 1.165) is 17.5 Å². The average Bonchev–Trinajstić information content (AvgIpc) is 2.97. The molecule has 3 rings (SSSR count). The third kappa shape index (κ3) is 4.09. The normalized spacial score (nSPS) is 16.5. The number of imide groups is 1. The molecule has 0 radical (unpaired) electrons. The van der Waals surface area contributed by atoms with Crippen molar-refractivity contribution in [1.82, 2.24) is 4.90 Å². The molecule has 2 aromatic carbocycles. The van der Waals surface area contributed by atoms with Crippen LogP contribution >= 0.6 is 11.6 Å². The second kappa shape index (κ2) is 8.57. The molecule has 1 fully saturated rings. The molecule has 1 saturated heterocycles. The number of nitrogens with zero attached hydrogens (tertiary/aromatic N) is 2. The van der Waals surface area contributed by atoms with Gasteiger partial charge in [0.1, 0.15) is 6.04 Å². The van der Waals surface area contributed by atoms with Crippen LogP contribution in [0.4, 0.5) is 5.69 Å². The van der Waals surface area contributed by atoms with Crippen molar-refractivity contribution in [3.63, 3.8) is 0 Å². The van der Waals surface area contributed by atoms with Gasteiger partial charge in [-0.25, -0.2) is 4.90 Å². The zero-order chi connectivity index (χ0) is 20.3. The highest BCUT2D eigenvalue weighted by molar-refractivity contribution is 6.31. The van der Waals surface area contributed by atoms with Crippen molar-refractivity contribution < 1.29 is 14.4 Å². The maximum absolute atomic E-state index is 13.0. The van der Waals surface area contributed by atoms with Crippen molar-refractivity contribution in [3.05, 3.63) is 64.7 Å². The summed E-state index contributed by atoms with van der Waals surface area (Å²) < 4.78 is 0. The van der Waals surface area contributed by atoms with Gasteiger partial charge in [-0.1, -0.05) is 48.9 Å². The molecule has 2 aromatic rings. The zero-order valence-electron chi connectivity index (χ0n) is 16.0. The lowest BCUT2D eigenvalue weighted by Gasteiger charge is -2.26. The standard InChI is InChI=1S/C22H23ClN2O3/c1-3-16-8-10-18(11-9-16)25-21(27)14-20(22(25)28)24(15(2)26)13-12-17-6-4-5-7-19(17)23/h4-11,20H,3,12-14H2,1-2H3. The maximum atomic E-state index is 13.0. The SMILES string of the molecule is CCc1ccc(N2C(=O)CC(N(CCc3ccccc3Cl)C(C)=O)C2=O)cc1. The number of halogens is 1. The molecule has 1 heterocycles. The monoisotopic (exact) mass is 398 g/mol. The van der Waals surface area contributed by atoms with E-state index < -0.39 is 6.04 Å². The van der Waals surface area contributed by atoms with Crippen LogP contribution in [-0.4, -0.2) is 35.2 Å². The molecule has 6 heteroatoms. The van der Waals surface area contributed by atoms with E-state index in [1.807, 2.05) is 37.3 Å². The predicted molar refractivity (Wildman–Crippen MR) is 109 cm³/mol. The summed E-state index contributed by atoms with van der Waals surface area (Å²) >= 11 is 6.19. The number of aryl methyl sites for hydroxylation is 1. The van der Waals surface area contributed by atoms with E-state index in [0.29, 0.717) is 23.7 Å². The minimum atomic E-state index is -0.779. The van der Waals surface area contributed by atoms with Crippen molar-refractivity contribution in [2.24, 2.45) is 0 Å². The van der Waals surface area contributed by atoms with E-state index in [2.05, 4.69) is 0 Å². The lowest BCUT2D eigenvalue weighted by Crippen LogP contribution is -2.45. The number of amides is 3. The summed E-state index contributed by atoms with van der Waals surface area (Å²) in [5.41, 5.74) is 2.58. The first-order chi connectivity index (χ1) is 13.4. The number of hydrogen-bond acceptors (Lipinski definition) is 3. The van der Waals surface area contributed by atoms with Crippen LogP contribution in [0.5, 0.6) is 0 Å². The van der Waals surface area contributed by atoms with E-state index >= 15 is 0 Å². The van der Waals surface area contributed by atoms with Crippen molar-refractivity contribution in [3.8, 4) is 0 Å². The molecule has 1 aliphatic rings. The van der Waals surface area contributed by atoms with Crippen LogP contribution in [0.1, 0.15) is 31.4 Å². The van der Waals surface area contributed by atoms with Crippen LogP contribution in [0.15, 0.2) is 48.5 Å². The van der Waals surface area contributed by atoms with Gasteiger partial charge in [0.05, 0.1) is 12.1 Å². The number of carbonyl (C=O) groups excluding carboxylic acids is 3. The third-order valence-corrected chi connectivity index (χ3v) is 5.45. The molecule has 0 saturated carbocycles. The Balaban J connectivity index is 1.78. The van der Waals surface area contributed by atoms with Gasteiger partial charge >= 0.3 is 0 Å². The van der Waals surface area contributed by atoms with E-state index in [-0.39, 0.29) is 24.1 Å². The topological polar surface area (TPSA) is 57.7 Å². The molecule has 0 aliphatic carbocycles. The molecule has 5 nitrogen and oxygen atoms in total. The Morgan fingerprint density at radius 2 is 1.82 bits per heavy atom. The third-order valence-electron chi connectivity index (χ3n) is 5.09. The molecule has 1 atom stereocenters. The van der Waals surface area contributed by atoms with E-state index in [4.69, 9.17) is 11.6 Å². The van der Waals surface area contributed by atoms with Crippen LogP contribution in [0.2, 0.25) is 5.02 Å². The Morgan fingerprint density at radius 3 is 2.43 bits per heavy atom. The molecule has 0 bridgehead atoms. The Bertz CT molecular complexity index is 895. The second-order valence-corrected chi connectivity index (χ2v) is 7.27. The van der Waals surface area contributed by atoms with Crippen molar-refractivity contribution in [2.75, 3.05) is 11.4 Å². The van der Waals surface area contributed by atoms with Crippen LogP contribution in [0.25, 0.3) is 0 Å². The summed E-state index contributed by atoms with van der Waals surface area (Å²) in [6.07, 6.45) is 1.39. The highest BCUT2D eigenvalue weighted by Crippen LogP contribution is 2.27. The first-order valence-corrected chi connectivity index (χ1v) is 9.76. The summed E-state index contributed by atoms with van der Waals surface area (Å²) in [7, 11) is 0. The van der Waals surface area contributed by atoms with Crippen LogP contribution < -0.4 is 4.90 Å². The number of anilines is 1. The van der Waals surface area contributed by atoms with E-state index in [1.54, 1.807) is 18.2 Å². The van der Waals surface area contributed by atoms with Gasteiger partial charge in [-0.15, -0.1) is 0 Å². The summed E-state index contributed by atoms with van der Waals surface area (Å²) in [6, 6.07) is 14.0. The smallest absolute Gasteiger partial charge is 0.257 e. The molecule has 1 unspecified atom stereocenters. The fourth-order valence-electron chi connectivity index (χ4n) is 3.49. The van der Waals surface area contributed by atoms with E-state index in [9.17, 15) is 14.4 Å². The first-order valence-electron chi connectivity index (χ1n) is 9.38. The van der Waals surface area contributed by atoms with Gasteiger partial charge in [-0.3, -0.25) is 14.4 Å². The average molecular weight is 399 g/mol. The minimum absolute atomic E-state index is 0.00351. The molecular formula is C22H23ClN2O3. The van der Waals surface area contributed by atoms with Crippen molar-refractivity contribution >= 4 is 35.0 Å². The lowest BCUT2D eigenvalue weighted by atomic mass is 10.1. The summed E-state index contributed by atoms with van der Waals surface area (Å²) in [5, 5.41) is 0.623. The Kier molecular flexibility index (Phi) is 6.15. The van der Waals surface area contributed by atoms with Gasteiger partial charge in [0.2, 0.25) is 11.8 Å². The quantitative estimate of drug-likeness (QED) is 0.698. The largest absolute Gasteiger partial charge is 0.330 e. The van der Waals surface area contributed by atoms with Crippen LogP contribution in [0.3, 0.4) is 0 Å². The number of benzene rings is 2. The van der Waals surface area contributed by atoms with Crippen LogP contribution in [-0.2, 0) is 27.2 Å². The molecule has 146 valence electrons. The van der Waals surface area contributed by atoms with Gasteiger partial charge in [-0.05, 0) is 42.2 Å². The molecule has 3 amide bonds. The predicted octanol–water partition coefficient (Wildman–Crippen LogP) is 3.63. The fraction of sp³-hybridized carbons (Fsp3) is 0.318. The van der Waals surface area contributed by atoms with Gasteiger partial charge < -0.3 is 4.90 Å². The Labute approximate surface area is 169 Å². The maximum Gasteiger partial charge on any atom is 0.257 e. The Hall–Kier alpha value is -2.66. The van der Waals surface area contributed by atoms with Gasteiger partial charge in [0.15, 0.2) is 0 Å². The lowest BCUT2D eigenvalue weighted by molar-refractivity contribution is -0.136. The molecule has 1 aliphatic heterocycles. The Morgan fingerprint density at radius 1 is 1.14 bits per heavy atom. The minimum Gasteiger partial charge on any atom is -0.330 e. The van der Waals surface area contributed by atoms with Gasteiger partial charge in [0, 0.05) is 18.5 Å². The van der Waals surface area contributed by atoms with Gasteiger partial charge in [0.25, 0.3) is 5.91 Å². The molecule has 0 spiro atoms. The number of hydrogen-bond donors (Lipinski definition) is 0. The highest BCUT2D eigenvalue weighted by Gasteiger charge is 2.43.